The largest absolute Gasteiger partial charge is 0.310 e. The van der Waals surface area contributed by atoms with E-state index in [4.69, 9.17) is 0 Å². The molecule has 0 saturated carbocycles. The molecule has 0 spiro atoms. The number of benzene rings is 13. The Hall–Kier alpha value is -10.3. The molecule has 13 aromatic carbocycles. The fourth-order valence-corrected chi connectivity index (χ4v) is 14.1. The topological polar surface area (TPSA) is 8.17 Å². The number of anilines is 3. The van der Waals surface area contributed by atoms with Gasteiger partial charge in [-0.2, -0.15) is 0 Å². The smallest absolute Gasteiger partial charge is 0.0743 e. The van der Waals surface area contributed by atoms with Crippen molar-refractivity contribution in [2.75, 3.05) is 4.90 Å². The SMILES string of the molecule is c1ccc(-c2ccc(N(c3ccc(-c4cc5c6c(c4)c4ccccc4n6-c4c(ccc6ccccc46)C5(c4ccccc4)c4ccccc4)cc3)c3ccc4c(c3)C(c3ccccc3)(c3ccccc3)c3ccccc3-4)cc2)cc1. The Morgan fingerprint density at radius 1 is 0.263 bits per heavy atom. The molecule has 80 heavy (non-hydrogen) atoms. The van der Waals surface area contributed by atoms with E-state index in [2.05, 4.69) is 325 Å². The maximum Gasteiger partial charge on any atom is 0.0743 e. The molecule has 2 aliphatic rings. The van der Waals surface area contributed by atoms with E-state index >= 15 is 0 Å². The third-order valence-electron chi connectivity index (χ3n) is 17.5. The van der Waals surface area contributed by atoms with E-state index in [1.807, 2.05) is 0 Å². The molecule has 0 fully saturated rings. The third kappa shape index (κ3) is 6.66. The summed E-state index contributed by atoms with van der Waals surface area (Å²) in [6, 6.07) is 117. The molecule has 2 heteroatoms. The van der Waals surface area contributed by atoms with E-state index in [1.54, 1.807) is 0 Å². The number of hydrogen-bond donors (Lipinski definition) is 0. The Kier molecular flexibility index (Phi) is 10.4. The fourth-order valence-electron chi connectivity index (χ4n) is 14.1. The van der Waals surface area contributed by atoms with Crippen LogP contribution in [-0.2, 0) is 10.8 Å². The van der Waals surface area contributed by atoms with Crippen molar-refractivity contribution >= 4 is 49.6 Å². The summed E-state index contributed by atoms with van der Waals surface area (Å²) in [5.74, 6) is 0. The predicted octanol–water partition coefficient (Wildman–Crippen LogP) is 19.8. The van der Waals surface area contributed by atoms with Crippen molar-refractivity contribution in [1.29, 1.82) is 0 Å². The lowest BCUT2D eigenvalue weighted by molar-refractivity contribution is 0.730. The average Bonchev–Trinajstić information content (AvgIpc) is 3.62. The van der Waals surface area contributed by atoms with Gasteiger partial charge < -0.3 is 9.47 Å². The van der Waals surface area contributed by atoms with Crippen LogP contribution in [0.4, 0.5) is 17.1 Å². The molecule has 0 amide bonds. The Morgan fingerprint density at radius 2 is 0.725 bits per heavy atom. The second kappa shape index (κ2) is 18.2. The van der Waals surface area contributed by atoms with Gasteiger partial charge in [-0.05, 0) is 138 Å². The summed E-state index contributed by atoms with van der Waals surface area (Å²) < 4.78 is 2.58. The van der Waals surface area contributed by atoms with Crippen LogP contribution in [0.25, 0.3) is 71.6 Å². The standard InChI is InChI=1S/C78H52N2/c1-6-22-53(23-7-1)54-38-43-62(44-39-54)79(64-47-48-67-66-34-18-20-36-70(66)77(72(67)52-64,58-25-8-2-9-26-58)59-27-10-3-11-28-59)63-45-40-55(41-46-63)57-50-69-68-35-19-21-37-74(68)80-75-65-33-17-16-24-56(65)42-49-71(75)78(73(51-57)76(69)80,60-29-12-4-13-30-60)61-31-14-5-15-32-61/h1-52H. The quantitative estimate of drug-likeness (QED) is 0.140. The van der Waals surface area contributed by atoms with Crippen LogP contribution >= 0.6 is 0 Å². The van der Waals surface area contributed by atoms with E-state index < -0.39 is 10.8 Å². The molecule has 2 heterocycles. The van der Waals surface area contributed by atoms with Gasteiger partial charge in [-0.25, -0.2) is 0 Å². The van der Waals surface area contributed by atoms with Gasteiger partial charge in [-0.1, -0.05) is 261 Å². The number of rotatable bonds is 9. The zero-order valence-electron chi connectivity index (χ0n) is 43.9. The molecule has 0 unspecified atom stereocenters. The summed E-state index contributed by atoms with van der Waals surface area (Å²) in [7, 11) is 0. The van der Waals surface area contributed by atoms with Gasteiger partial charge >= 0.3 is 0 Å². The van der Waals surface area contributed by atoms with Crippen molar-refractivity contribution in [3.8, 4) is 39.1 Å². The van der Waals surface area contributed by atoms with Gasteiger partial charge in [-0.15, -0.1) is 0 Å². The molecular weight excluding hydrogens is 965 g/mol. The molecule has 0 saturated heterocycles. The normalized spacial score (nSPS) is 13.4. The molecule has 0 N–H and O–H groups in total. The molecule has 2 nitrogen and oxygen atoms in total. The summed E-state index contributed by atoms with van der Waals surface area (Å²) in [5.41, 5.74) is 23.1. The highest BCUT2D eigenvalue weighted by atomic mass is 15.1. The van der Waals surface area contributed by atoms with Crippen molar-refractivity contribution < 1.29 is 0 Å². The lowest BCUT2D eigenvalue weighted by Gasteiger charge is -2.42. The first-order valence-electron chi connectivity index (χ1n) is 27.8. The first kappa shape index (κ1) is 45.9. The van der Waals surface area contributed by atoms with Crippen molar-refractivity contribution in [1.82, 2.24) is 4.57 Å². The van der Waals surface area contributed by atoms with Crippen LogP contribution in [0.2, 0.25) is 0 Å². The van der Waals surface area contributed by atoms with Gasteiger partial charge in [0, 0.05) is 33.2 Å². The highest BCUT2D eigenvalue weighted by Crippen LogP contribution is 2.59. The third-order valence-corrected chi connectivity index (χ3v) is 17.5. The molecule has 374 valence electrons. The zero-order valence-corrected chi connectivity index (χ0v) is 43.9. The summed E-state index contributed by atoms with van der Waals surface area (Å²) in [6.45, 7) is 0. The van der Waals surface area contributed by atoms with Crippen LogP contribution in [0.3, 0.4) is 0 Å². The number of hydrogen-bond acceptors (Lipinski definition) is 1. The van der Waals surface area contributed by atoms with Crippen molar-refractivity contribution in [2.24, 2.45) is 0 Å². The van der Waals surface area contributed by atoms with Gasteiger partial charge in [0.25, 0.3) is 0 Å². The maximum atomic E-state index is 2.58. The minimum atomic E-state index is -0.648. The van der Waals surface area contributed by atoms with Crippen LogP contribution in [-0.4, -0.2) is 4.57 Å². The summed E-state index contributed by atoms with van der Waals surface area (Å²) >= 11 is 0. The van der Waals surface area contributed by atoms with Crippen LogP contribution in [0.5, 0.6) is 0 Å². The first-order valence-corrected chi connectivity index (χ1v) is 27.8. The van der Waals surface area contributed by atoms with E-state index in [-0.39, 0.29) is 0 Å². The van der Waals surface area contributed by atoms with Crippen LogP contribution in [0.1, 0.15) is 44.5 Å². The van der Waals surface area contributed by atoms with Gasteiger partial charge in [0.05, 0.1) is 27.6 Å². The molecule has 14 aromatic rings. The minimum Gasteiger partial charge on any atom is -0.310 e. The van der Waals surface area contributed by atoms with Crippen molar-refractivity contribution in [3.05, 3.63) is 360 Å². The fraction of sp³-hybridized carbons (Fsp3) is 0.0256. The maximum absolute atomic E-state index is 2.58. The molecule has 0 radical (unpaired) electrons. The van der Waals surface area contributed by atoms with E-state index in [9.17, 15) is 0 Å². The van der Waals surface area contributed by atoms with Gasteiger partial charge in [0.1, 0.15) is 0 Å². The minimum absolute atomic E-state index is 0.540. The molecule has 16 rings (SSSR count). The monoisotopic (exact) mass is 1020 g/mol. The summed E-state index contributed by atoms with van der Waals surface area (Å²) in [6.07, 6.45) is 0. The number of para-hydroxylation sites is 1. The number of nitrogens with zero attached hydrogens (tertiary/aromatic N) is 2. The number of fused-ring (bicyclic) bond motifs is 10. The van der Waals surface area contributed by atoms with Crippen molar-refractivity contribution in [3.63, 3.8) is 0 Å². The molecule has 0 atom stereocenters. The molecule has 1 aliphatic heterocycles. The van der Waals surface area contributed by atoms with Gasteiger partial charge in [0.15, 0.2) is 0 Å². The van der Waals surface area contributed by atoms with Crippen LogP contribution in [0.15, 0.2) is 315 Å². The second-order valence-corrected chi connectivity index (χ2v) is 21.5. The van der Waals surface area contributed by atoms with Crippen LogP contribution in [0, 0.1) is 0 Å². The highest BCUT2D eigenvalue weighted by Gasteiger charge is 2.48. The highest BCUT2D eigenvalue weighted by molar-refractivity contribution is 6.15. The van der Waals surface area contributed by atoms with Crippen LogP contribution < -0.4 is 4.90 Å². The van der Waals surface area contributed by atoms with E-state index in [0.29, 0.717) is 0 Å². The Labute approximate surface area is 466 Å². The Morgan fingerprint density at radius 3 is 1.34 bits per heavy atom. The first-order chi connectivity index (χ1) is 39.7. The lowest BCUT2D eigenvalue weighted by atomic mass is 9.62. The molecule has 1 aliphatic carbocycles. The zero-order chi connectivity index (χ0) is 52.8. The van der Waals surface area contributed by atoms with Crippen molar-refractivity contribution in [2.45, 2.75) is 10.8 Å². The summed E-state index contributed by atoms with van der Waals surface area (Å²) in [4.78, 5) is 2.44. The Balaban J connectivity index is 0.918. The summed E-state index contributed by atoms with van der Waals surface area (Å²) in [5, 5.41) is 4.95. The Bertz CT molecular complexity index is 4580. The molecular formula is C78H52N2. The van der Waals surface area contributed by atoms with E-state index in [1.165, 1.54) is 111 Å². The van der Waals surface area contributed by atoms with E-state index in [0.717, 1.165) is 22.6 Å². The predicted molar refractivity (Wildman–Crippen MR) is 333 cm³/mol. The number of aromatic nitrogens is 1. The molecule has 0 bridgehead atoms. The second-order valence-electron chi connectivity index (χ2n) is 21.5. The lowest BCUT2D eigenvalue weighted by Crippen LogP contribution is -2.35. The van der Waals surface area contributed by atoms with Gasteiger partial charge in [-0.3, -0.25) is 0 Å². The molecule has 1 aromatic heterocycles. The van der Waals surface area contributed by atoms with Gasteiger partial charge in [0.2, 0.25) is 0 Å². The average molecular weight is 1020 g/mol.